The maximum atomic E-state index is 8.48. The highest BCUT2D eigenvalue weighted by atomic mass is 79.9. The summed E-state index contributed by atoms with van der Waals surface area (Å²) in [6.45, 7) is 0. The number of benzene rings is 1. The van der Waals surface area contributed by atoms with Crippen LogP contribution in [0.3, 0.4) is 0 Å². The van der Waals surface area contributed by atoms with Gasteiger partial charge in [-0.1, -0.05) is 15.9 Å². The van der Waals surface area contributed by atoms with Gasteiger partial charge in [0.2, 0.25) is 0 Å². The van der Waals surface area contributed by atoms with E-state index in [1.807, 2.05) is 30.3 Å². The standard InChI is InChI=1S/C10H11BrN2S/c11-8-1-3-10(4-2-8)14-6-5-9(13)7-12/h1-4,9H,5-6,13H2. The van der Waals surface area contributed by atoms with Crippen LogP contribution in [-0.4, -0.2) is 11.8 Å². The molecule has 0 radical (unpaired) electrons. The first-order valence-corrected chi connectivity index (χ1v) is 6.04. The third kappa shape index (κ3) is 4.14. The molecule has 1 atom stereocenters. The van der Waals surface area contributed by atoms with Crippen LogP contribution in [0, 0.1) is 11.3 Å². The molecule has 2 nitrogen and oxygen atoms in total. The van der Waals surface area contributed by atoms with E-state index in [0.717, 1.165) is 16.6 Å². The molecule has 0 saturated heterocycles. The normalized spacial score (nSPS) is 12.1. The molecule has 1 aromatic rings. The van der Waals surface area contributed by atoms with Crippen LogP contribution in [0.25, 0.3) is 0 Å². The van der Waals surface area contributed by atoms with E-state index >= 15 is 0 Å². The molecule has 74 valence electrons. The van der Waals surface area contributed by atoms with Crippen LogP contribution in [0.2, 0.25) is 0 Å². The SMILES string of the molecule is N#CC(N)CCSc1ccc(Br)cc1. The van der Waals surface area contributed by atoms with Gasteiger partial charge in [-0.2, -0.15) is 5.26 Å². The van der Waals surface area contributed by atoms with Gasteiger partial charge in [0.05, 0.1) is 12.1 Å². The lowest BCUT2D eigenvalue weighted by Crippen LogP contribution is -2.17. The van der Waals surface area contributed by atoms with E-state index < -0.39 is 0 Å². The first-order valence-electron chi connectivity index (χ1n) is 4.26. The molecule has 1 rings (SSSR count). The zero-order valence-electron chi connectivity index (χ0n) is 7.61. The molecule has 1 aromatic carbocycles. The van der Waals surface area contributed by atoms with Gasteiger partial charge in [0.25, 0.3) is 0 Å². The van der Waals surface area contributed by atoms with Crippen molar-refractivity contribution in [2.45, 2.75) is 17.4 Å². The van der Waals surface area contributed by atoms with Gasteiger partial charge in [-0.25, -0.2) is 0 Å². The summed E-state index contributed by atoms with van der Waals surface area (Å²) in [5, 5.41) is 8.48. The van der Waals surface area contributed by atoms with Crippen molar-refractivity contribution in [1.29, 1.82) is 5.26 Å². The molecule has 14 heavy (non-hydrogen) atoms. The van der Waals surface area contributed by atoms with Crippen molar-refractivity contribution in [2.75, 3.05) is 5.75 Å². The lowest BCUT2D eigenvalue weighted by atomic mass is 10.3. The maximum absolute atomic E-state index is 8.48. The molecule has 2 N–H and O–H groups in total. The van der Waals surface area contributed by atoms with Gasteiger partial charge in [-0.15, -0.1) is 11.8 Å². The molecule has 0 spiro atoms. The molecule has 0 aromatic heterocycles. The number of thioether (sulfide) groups is 1. The second kappa shape index (κ2) is 6.07. The predicted octanol–water partition coefficient (Wildman–Crippen LogP) is 2.78. The van der Waals surface area contributed by atoms with Gasteiger partial charge < -0.3 is 5.73 Å². The van der Waals surface area contributed by atoms with Crippen molar-refractivity contribution in [3.8, 4) is 6.07 Å². The van der Waals surface area contributed by atoms with Gasteiger partial charge in [0, 0.05) is 15.1 Å². The molecule has 0 aliphatic carbocycles. The minimum absolute atomic E-state index is 0.335. The minimum atomic E-state index is -0.335. The van der Waals surface area contributed by atoms with Crippen molar-refractivity contribution in [1.82, 2.24) is 0 Å². The fraction of sp³-hybridized carbons (Fsp3) is 0.300. The Morgan fingerprint density at radius 2 is 2.07 bits per heavy atom. The molecule has 0 saturated carbocycles. The quantitative estimate of drug-likeness (QED) is 0.857. The Morgan fingerprint density at radius 3 is 2.64 bits per heavy atom. The smallest absolute Gasteiger partial charge is 0.0936 e. The summed E-state index contributed by atoms with van der Waals surface area (Å²) in [6.07, 6.45) is 0.733. The highest BCUT2D eigenvalue weighted by Crippen LogP contribution is 2.21. The molecule has 0 aliphatic rings. The van der Waals surface area contributed by atoms with Crippen molar-refractivity contribution < 1.29 is 0 Å². The highest BCUT2D eigenvalue weighted by molar-refractivity contribution is 9.10. The number of nitrogens with two attached hydrogens (primary N) is 1. The van der Waals surface area contributed by atoms with E-state index in [9.17, 15) is 0 Å². The van der Waals surface area contributed by atoms with Gasteiger partial charge in [-0.3, -0.25) is 0 Å². The Balaban J connectivity index is 2.32. The Labute approximate surface area is 96.6 Å². The third-order valence-electron chi connectivity index (χ3n) is 1.68. The van der Waals surface area contributed by atoms with Crippen LogP contribution in [0.15, 0.2) is 33.6 Å². The Bertz CT molecular complexity index is 318. The summed E-state index contributed by atoms with van der Waals surface area (Å²) in [4.78, 5) is 1.21. The molecule has 0 fully saturated rings. The average molecular weight is 271 g/mol. The van der Waals surface area contributed by atoms with Gasteiger partial charge in [0.1, 0.15) is 0 Å². The molecule has 0 heterocycles. The van der Waals surface area contributed by atoms with Crippen LogP contribution in [0.1, 0.15) is 6.42 Å². The van der Waals surface area contributed by atoms with Crippen LogP contribution in [0.4, 0.5) is 0 Å². The highest BCUT2D eigenvalue weighted by Gasteiger charge is 2.00. The van der Waals surface area contributed by atoms with E-state index in [0.29, 0.717) is 0 Å². The Hall–Kier alpha value is -0.500. The van der Waals surface area contributed by atoms with E-state index in [-0.39, 0.29) is 6.04 Å². The predicted molar refractivity (Wildman–Crippen MR) is 63.1 cm³/mol. The molecule has 1 unspecified atom stereocenters. The lowest BCUT2D eigenvalue weighted by molar-refractivity contribution is 0.803. The second-order valence-electron chi connectivity index (χ2n) is 2.83. The summed E-state index contributed by atoms with van der Waals surface area (Å²) in [6, 6.07) is 9.79. The van der Waals surface area contributed by atoms with Gasteiger partial charge in [-0.05, 0) is 30.7 Å². The number of hydrogen-bond acceptors (Lipinski definition) is 3. The van der Waals surface area contributed by atoms with Gasteiger partial charge >= 0.3 is 0 Å². The molecular weight excluding hydrogens is 260 g/mol. The minimum Gasteiger partial charge on any atom is -0.316 e. The molecule has 0 amide bonds. The fourth-order valence-electron chi connectivity index (χ4n) is 0.899. The summed E-state index contributed by atoms with van der Waals surface area (Å²) in [5.41, 5.74) is 5.48. The molecule has 4 heteroatoms. The first kappa shape index (κ1) is 11.6. The number of nitrogens with zero attached hydrogens (tertiary/aromatic N) is 1. The zero-order chi connectivity index (χ0) is 10.4. The summed E-state index contributed by atoms with van der Waals surface area (Å²) in [7, 11) is 0. The van der Waals surface area contributed by atoms with Crippen molar-refractivity contribution in [3.63, 3.8) is 0 Å². The average Bonchev–Trinajstić information content (AvgIpc) is 2.21. The van der Waals surface area contributed by atoms with Crippen LogP contribution in [-0.2, 0) is 0 Å². The van der Waals surface area contributed by atoms with Crippen molar-refractivity contribution in [2.24, 2.45) is 5.73 Å². The Morgan fingerprint density at radius 1 is 1.43 bits per heavy atom. The second-order valence-corrected chi connectivity index (χ2v) is 4.91. The third-order valence-corrected chi connectivity index (χ3v) is 3.25. The van der Waals surface area contributed by atoms with E-state index in [4.69, 9.17) is 11.0 Å². The number of hydrogen-bond donors (Lipinski definition) is 1. The van der Waals surface area contributed by atoms with E-state index in [2.05, 4.69) is 15.9 Å². The van der Waals surface area contributed by atoms with Crippen LogP contribution >= 0.6 is 27.7 Å². The van der Waals surface area contributed by atoms with Gasteiger partial charge in [0.15, 0.2) is 0 Å². The topological polar surface area (TPSA) is 49.8 Å². The van der Waals surface area contributed by atoms with E-state index in [1.54, 1.807) is 11.8 Å². The van der Waals surface area contributed by atoms with E-state index in [1.165, 1.54) is 4.90 Å². The monoisotopic (exact) mass is 270 g/mol. The van der Waals surface area contributed by atoms with Crippen molar-refractivity contribution in [3.05, 3.63) is 28.7 Å². The summed E-state index contributed by atoms with van der Waals surface area (Å²) < 4.78 is 1.08. The fourth-order valence-corrected chi connectivity index (χ4v) is 2.10. The van der Waals surface area contributed by atoms with Crippen LogP contribution < -0.4 is 5.73 Å². The molecule has 0 bridgehead atoms. The summed E-state index contributed by atoms with van der Waals surface area (Å²) >= 11 is 5.10. The maximum Gasteiger partial charge on any atom is 0.0936 e. The Kier molecular flexibility index (Phi) is 5.02. The number of nitriles is 1. The van der Waals surface area contributed by atoms with Crippen LogP contribution in [0.5, 0.6) is 0 Å². The first-order chi connectivity index (χ1) is 6.72. The number of halogens is 1. The molecular formula is C10H11BrN2S. The zero-order valence-corrected chi connectivity index (χ0v) is 10.0. The van der Waals surface area contributed by atoms with Crippen molar-refractivity contribution >= 4 is 27.7 Å². The molecule has 0 aliphatic heterocycles. The summed E-state index contributed by atoms with van der Waals surface area (Å²) in [5.74, 6) is 0.885. The lowest BCUT2D eigenvalue weighted by Gasteiger charge is -2.02. The largest absolute Gasteiger partial charge is 0.316 e. The number of rotatable bonds is 4.